The van der Waals surface area contributed by atoms with Gasteiger partial charge >= 0.3 is 11.9 Å². The smallest absolute Gasteiger partial charge is 0.306 e. The van der Waals surface area contributed by atoms with Gasteiger partial charge in [-0.2, -0.15) is 0 Å². The van der Waals surface area contributed by atoms with Crippen LogP contribution in [0.1, 0.15) is 32.3 Å². The fourth-order valence-electron chi connectivity index (χ4n) is 1.02. The molecule has 0 atom stereocenters. The summed E-state index contributed by atoms with van der Waals surface area (Å²) < 4.78 is 4.88. The average Bonchev–Trinajstić information content (AvgIpc) is 2.37. The number of carboxylic acids is 1. The minimum Gasteiger partial charge on any atom is -0.481 e. The Kier molecular flexibility index (Phi) is 8.37. The van der Waals surface area contributed by atoms with Crippen molar-refractivity contribution in [3.63, 3.8) is 0 Å². The zero-order valence-corrected chi connectivity index (χ0v) is 10.2. The molecule has 0 heterocycles. The van der Waals surface area contributed by atoms with Crippen molar-refractivity contribution in [2.75, 3.05) is 0 Å². The molecule has 0 amide bonds. The Balaban J connectivity index is 0.00000121. The highest BCUT2D eigenvalue weighted by atomic mass is 16.5. The number of rotatable bonds is 5. The summed E-state index contributed by atoms with van der Waals surface area (Å²) in [6.45, 7) is 4.19. The number of benzene rings is 1. The molecule has 4 nitrogen and oxygen atoms in total. The normalized spacial score (nSPS) is 8.82. The van der Waals surface area contributed by atoms with Crippen molar-refractivity contribution in [1.82, 2.24) is 0 Å². The first-order valence-corrected chi connectivity index (χ1v) is 5.60. The molecule has 1 N–H and O–H groups in total. The van der Waals surface area contributed by atoms with Gasteiger partial charge in [0.2, 0.25) is 0 Å². The third kappa shape index (κ3) is 8.02. The highest BCUT2D eigenvalue weighted by Crippen LogP contribution is 2.02. The molecule has 1 rings (SSSR count). The lowest BCUT2D eigenvalue weighted by Crippen LogP contribution is -2.07. The van der Waals surface area contributed by atoms with Crippen molar-refractivity contribution in [3.8, 4) is 0 Å². The molecule has 1 aromatic rings. The molecule has 0 aliphatic rings. The molecule has 4 heteroatoms. The van der Waals surface area contributed by atoms with Crippen LogP contribution in [0.25, 0.3) is 0 Å². The Labute approximate surface area is 101 Å². The van der Waals surface area contributed by atoms with Gasteiger partial charge in [0.15, 0.2) is 0 Å². The monoisotopic (exact) mass is 238 g/mol. The summed E-state index contributed by atoms with van der Waals surface area (Å²) >= 11 is 0. The fourth-order valence-corrected chi connectivity index (χ4v) is 1.02. The van der Waals surface area contributed by atoms with Crippen molar-refractivity contribution >= 4 is 11.9 Å². The van der Waals surface area contributed by atoms with E-state index in [1.165, 1.54) is 0 Å². The van der Waals surface area contributed by atoms with Gasteiger partial charge in [-0.05, 0) is 5.56 Å². The van der Waals surface area contributed by atoms with Crippen molar-refractivity contribution in [3.05, 3.63) is 35.9 Å². The molecule has 0 aliphatic heterocycles. The lowest BCUT2D eigenvalue weighted by Gasteiger charge is -2.03. The minimum absolute atomic E-state index is 0.0812. The summed E-state index contributed by atoms with van der Waals surface area (Å²) in [5.74, 6) is -1.48. The molecule has 0 saturated heterocycles. The van der Waals surface area contributed by atoms with Crippen LogP contribution in [0.4, 0.5) is 0 Å². The fraction of sp³-hybridized carbons (Fsp3) is 0.385. The number of hydrogen-bond donors (Lipinski definition) is 1. The highest BCUT2D eigenvalue weighted by Gasteiger charge is 2.06. The zero-order chi connectivity index (χ0) is 13.1. The molecule has 0 bridgehead atoms. The lowest BCUT2D eigenvalue weighted by molar-refractivity contribution is -0.148. The standard InChI is InChI=1S/C11H12O4.C2H6/c12-10(13)6-7-11(14)15-8-9-4-2-1-3-5-9;1-2/h1-5H,6-8H2,(H,12,13);1-2H3. The van der Waals surface area contributed by atoms with Gasteiger partial charge in [-0.3, -0.25) is 9.59 Å². The van der Waals surface area contributed by atoms with E-state index in [-0.39, 0.29) is 19.4 Å². The van der Waals surface area contributed by atoms with Gasteiger partial charge in [-0.1, -0.05) is 44.2 Å². The van der Waals surface area contributed by atoms with E-state index < -0.39 is 11.9 Å². The summed E-state index contributed by atoms with van der Waals surface area (Å²) in [7, 11) is 0. The SMILES string of the molecule is CC.O=C(O)CCC(=O)OCc1ccccc1. The van der Waals surface area contributed by atoms with Crippen LogP contribution in [0.2, 0.25) is 0 Å². The van der Waals surface area contributed by atoms with Gasteiger partial charge in [0, 0.05) is 0 Å². The lowest BCUT2D eigenvalue weighted by atomic mass is 10.2. The van der Waals surface area contributed by atoms with Crippen molar-refractivity contribution in [2.24, 2.45) is 0 Å². The van der Waals surface area contributed by atoms with E-state index in [0.29, 0.717) is 0 Å². The van der Waals surface area contributed by atoms with Crippen molar-refractivity contribution < 1.29 is 19.4 Å². The molecule has 0 fully saturated rings. The number of aliphatic carboxylic acids is 1. The summed E-state index contributed by atoms with van der Waals surface area (Å²) in [4.78, 5) is 21.2. The maximum absolute atomic E-state index is 11.0. The number of carbonyl (C=O) groups excluding carboxylic acids is 1. The maximum Gasteiger partial charge on any atom is 0.306 e. The topological polar surface area (TPSA) is 63.6 Å². The van der Waals surface area contributed by atoms with Gasteiger partial charge < -0.3 is 9.84 Å². The van der Waals surface area contributed by atoms with Gasteiger partial charge in [-0.15, -0.1) is 0 Å². The van der Waals surface area contributed by atoms with Gasteiger partial charge in [0.25, 0.3) is 0 Å². The molecule has 0 aromatic heterocycles. The predicted molar refractivity (Wildman–Crippen MR) is 64.5 cm³/mol. The number of ether oxygens (including phenoxy) is 1. The predicted octanol–water partition coefficient (Wildman–Crippen LogP) is 2.62. The summed E-state index contributed by atoms with van der Waals surface area (Å²) in [6.07, 6.45) is -0.268. The van der Waals surface area contributed by atoms with Crippen LogP contribution < -0.4 is 0 Å². The van der Waals surface area contributed by atoms with E-state index in [0.717, 1.165) is 5.56 Å². The van der Waals surface area contributed by atoms with Gasteiger partial charge in [-0.25, -0.2) is 0 Å². The molecule has 0 saturated carbocycles. The van der Waals surface area contributed by atoms with E-state index in [1.54, 1.807) is 0 Å². The van der Waals surface area contributed by atoms with E-state index in [1.807, 2.05) is 44.2 Å². The van der Waals surface area contributed by atoms with Crippen LogP contribution in [0.3, 0.4) is 0 Å². The number of carboxylic acid groups (broad SMARTS) is 1. The second-order valence-corrected chi connectivity index (χ2v) is 3.04. The van der Waals surface area contributed by atoms with E-state index in [9.17, 15) is 9.59 Å². The van der Waals surface area contributed by atoms with Crippen LogP contribution >= 0.6 is 0 Å². The Hall–Kier alpha value is -1.84. The quantitative estimate of drug-likeness (QED) is 0.801. The molecule has 0 aliphatic carbocycles. The molecular formula is C13H18O4. The Morgan fingerprint density at radius 1 is 1.12 bits per heavy atom. The third-order valence-electron chi connectivity index (χ3n) is 1.79. The Morgan fingerprint density at radius 2 is 1.71 bits per heavy atom. The Bertz CT molecular complexity index is 333. The van der Waals surface area contributed by atoms with Crippen LogP contribution in [0.15, 0.2) is 30.3 Å². The maximum atomic E-state index is 11.0. The van der Waals surface area contributed by atoms with E-state index >= 15 is 0 Å². The highest BCUT2D eigenvalue weighted by molar-refractivity contribution is 5.76. The first-order valence-electron chi connectivity index (χ1n) is 5.60. The number of esters is 1. The summed E-state index contributed by atoms with van der Waals surface area (Å²) in [5.41, 5.74) is 0.890. The number of hydrogen-bond acceptors (Lipinski definition) is 3. The largest absolute Gasteiger partial charge is 0.481 e. The third-order valence-corrected chi connectivity index (χ3v) is 1.79. The molecule has 0 radical (unpaired) electrons. The molecule has 0 unspecified atom stereocenters. The first kappa shape index (κ1) is 15.2. The summed E-state index contributed by atoms with van der Waals surface area (Å²) in [5, 5.41) is 8.34. The molecule has 1 aromatic carbocycles. The molecule has 17 heavy (non-hydrogen) atoms. The second-order valence-electron chi connectivity index (χ2n) is 3.04. The second kappa shape index (κ2) is 9.39. The van der Waals surface area contributed by atoms with Crippen LogP contribution in [-0.4, -0.2) is 17.0 Å². The molecule has 0 spiro atoms. The van der Waals surface area contributed by atoms with Crippen molar-refractivity contribution in [1.29, 1.82) is 0 Å². The molecule has 94 valence electrons. The van der Waals surface area contributed by atoms with Crippen molar-refractivity contribution in [2.45, 2.75) is 33.3 Å². The average molecular weight is 238 g/mol. The molecular weight excluding hydrogens is 220 g/mol. The first-order chi connectivity index (χ1) is 8.18. The number of carbonyl (C=O) groups is 2. The zero-order valence-electron chi connectivity index (χ0n) is 10.2. The van der Waals surface area contributed by atoms with Gasteiger partial charge in [0.05, 0.1) is 12.8 Å². The van der Waals surface area contributed by atoms with E-state index in [2.05, 4.69) is 0 Å². The van der Waals surface area contributed by atoms with E-state index in [4.69, 9.17) is 9.84 Å². The van der Waals surface area contributed by atoms with Crippen LogP contribution in [-0.2, 0) is 20.9 Å². The van der Waals surface area contributed by atoms with Crippen LogP contribution in [0, 0.1) is 0 Å². The van der Waals surface area contributed by atoms with Gasteiger partial charge in [0.1, 0.15) is 6.61 Å². The Morgan fingerprint density at radius 3 is 2.24 bits per heavy atom. The summed E-state index contributed by atoms with van der Waals surface area (Å²) in [6, 6.07) is 9.24. The minimum atomic E-state index is -0.994. The van der Waals surface area contributed by atoms with Crippen LogP contribution in [0.5, 0.6) is 0 Å².